The van der Waals surface area contributed by atoms with Gasteiger partial charge in [0.05, 0.1) is 23.1 Å². The van der Waals surface area contributed by atoms with Crippen molar-refractivity contribution in [1.82, 2.24) is 19.3 Å². The molecule has 24 heavy (non-hydrogen) atoms. The summed E-state index contributed by atoms with van der Waals surface area (Å²) in [4.78, 5) is 17.8. The Bertz CT molecular complexity index is 1040. The molecular formula is C17H13ClN4OS. The fourth-order valence-electron chi connectivity index (χ4n) is 2.63. The Morgan fingerprint density at radius 1 is 1.17 bits per heavy atom. The first-order valence-corrected chi connectivity index (χ1v) is 8.68. The summed E-state index contributed by atoms with van der Waals surface area (Å²) in [5.41, 5.74) is 0.676. The Balaban J connectivity index is 1.87. The monoisotopic (exact) mass is 356 g/mol. The Kier molecular flexibility index (Phi) is 3.92. The minimum atomic E-state index is -0.109. The fraction of sp³-hybridized carbons (Fsp3) is 0.118. The maximum absolute atomic E-state index is 12.8. The number of benzene rings is 1. The molecule has 5 nitrogen and oxygen atoms in total. The van der Waals surface area contributed by atoms with E-state index in [2.05, 4.69) is 10.1 Å². The van der Waals surface area contributed by atoms with E-state index in [1.807, 2.05) is 28.3 Å². The van der Waals surface area contributed by atoms with Gasteiger partial charge in [-0.1, -0.05) is 17.7 Å². The second kappa shape index (κ2) is 6.22. The molecule has 0 aliphatic heterocycles. The zero-order chi connectivity index (χ0) is 16.5. The average molecular weight is 357 g/mol. The molecule has 3 aromatic heterocycles. The van der Waals surface area contributed by atoms with Gasteiger partial charge in [-0.05, 0) is 29.6 Å². The second-order valence-electron chi connectivity index (χ2n) is 5.34. The molecule has 0 saturated carbocycles. The molecule has 0 saturated heterocycles. The molecule has 3 heterocycles. The number of aryl methyl sites for hydroxylation is 2. The minimum Gasteiger partial charge on any atom is -0.336 e. The lowest BCUT2D eigenvalue weighted by Crippen LogP contribution is -2.25. The fourth-order valence-corrected chi connectivity index (χ4v) is 3.53. The van der Waals surface area contributed by atoms with Gasteiger partial charge in [0, 0.05) is 29.3 Å². The third-order valence-electron chi connectivity index (χ3n) is 3.81. The molecular weight excluding hydrogens is 344 g/mol. The van der Waals surface area contributed by atoms with E-state index < -0.39 is 0 Å². The molecule has 0 aliphatic rings. The third-order valence-corrected chi connectivity index (χ3v) is 4.92. The van der Waals surface area contributed by atoms with Crippen molar-refractivity contribution >= 4 is 33.7 Å². The van der Waals surface area contributed by atoms with Crippen LogP contribution in [-0.4, -0.2) is 19.3 Å². The van der Waals surface area contributed by atoms with Gasteiger partial charge in [0.25, 0.3) is 5.56 Å². The molecule has 4 rings (SSSR count). The smallest absolute Gasteiger partial charge is 0.274 e. The Morgan fingerprint density at radius 2 is 2.08 bits per heavy atom. The minimum absolute atomic E-state index is 0.109. The van der Waals surface area contributed by atoms with Gasteiger partial charge >= 0.3 is 0 Å². The van der Waals surface area contributed by atoms with Crippen LogP contribution < -0.4 is 5.56 Å². The van der Waals surface area contributed by atoms with Crippen molar-refractivity contribution in [2.75, 3.05) is 0 Å². The number of rotatable bonds is 4. The Labute approximate surface area is 146 Å². The standard InChI is InChI=1S/C17H13ClN4OS/c18-12-3-4-13-14(10-12)16(15-2-1-9-24-15)20-22(17(13)23)8-7-21-6-5-19-11-21/h1-6,9-11H,7-8H2. The first-order chi connectivity index (χ1) is 11.7. The van der Waals surface area contributed by atoms with E-state index in [0.29, 0.717) is 23.5 Å². The second-order valence-corrected chi connectivity index (χ2v) is 6.73. The number of aromatic nitrogens is 4. The van der Waals surface area contributed by atoms with Crippen LogP contribution in [0.3, 0.4) is 0 Å². The van der Waals surface area contributed by atoms with Crippen LogP contribution >= 0.6 is 22.9 Å². The molecule has 0 amide bonds. The van der Waals surface area contributed by atoms with Crippen molar-refractivity contribution < 1.29 is 0 Å². The number of fused-ring (bicyclic) bond motifs is 1. The molecule has 0 bridgehead atoms. The van der Waals surface area contributed by atoms with Crippen molar-refractivity contribution in [3.05, 3.63) is 69.8 Å². The molecule has 0 aliphatic carbocycles. The Morgan fingerprint density at radius 3 is 2.83 bits per heavy atom. The summed E-state index contributed by atoms with van der Waals surface area (Å²) in [6.45, 7) is 1.11. The van der Waals surface area contributed by atoms with Gasteiger partial charge in [-0.3, -0.25) is 4.79 Å². The number of halogens is 1. The van der Waals surface area contributed by atoms with Crippen LogP contribution in [-0.2, 0) is 13.1 Å². The average Bonchev–Trinajstić information content (AvgIpc) is 3.28. The highest BCUT2D eigenvalue weighted by Gasteiger charge is 2.13. The molecule has 0 atom stereocenters. The van der Waals surface area contributed by atoms with E-state index >= 15 is 0 Å². The predicted octanol–water partition coefficient (Wildman–Crippen LogP) is 3.68. The largest absolute Gasteiger partial charge is 0.336 e. The summed E-state index contributed by atoms with van der Waals surface area (Å²) >= 11 is 7.72. The van der Waals surface area contributed by atoms with Gasteiger partial charge in [-0.2, -0.15) is 5.10 Å². The molecule has 0 unspecified atom stereocenters. The first-order valence-electron chi connectivity index (χ1n) is 7.42. The highest BCUT2D eigenvalue weighted by molar-refractivity contribution is 7.13. The van der Waals surface area contributed by atoms with Gasteiger partial charge in [0.15, 0.2) is 0 Å². The van der Waals surface area contributed by atoms with Gasteiger partial charge in [0.1, 0.15) is 5.69 Å². The van der Waals surface area contributed by atoms with E-state index in [1.54, 1.807) is 42.1 Å². The maximum Gasteiger partial charge on any atom is 0.274 e. The van der Waals surface area contributed by atoms with Crippen LogP contribution in [0.25, 0.3) is 21.3 Å². The van der Waals surface area contributed by atoms with Crippen molar-refractivity contribution in [2.24, 2.45) is 0 Å². The predicted molar refractivity (Wildman–Crippen MR) is 96.6 cm³/mol. The number of hydrogen-bond donors (Lipinski definition) is 0. The van der Waals surface area contributed by atoms with Crippen molar-refractivity contribution in [3.8, 4) is 10.6 Å². The highest BCUT2D eigenvalue weighted by Crippen LogP contribution is 2.30. The zero-order valence-electron chi connectivity index (χ0n) is 12.6. The number of imidazole rings is 1. The topological polar surface area (TPSA) is 52.7 Å². The van der Waals surface area contributed by atoms with Crippen molar-refractivity contribution in [3.63, 3.8) is 0 Å². The van der Waals surface area contributed by atoms with Crippen LogP contribution in [0.15, 0.2) is 59.2 Å². The van der Waals surface area contributed by atoms with Gasteiger partial charge in [-0.25, -0.2) is 9.67 Å². The molecule has 7 heteroatoms. The molecule has 4 aromatic rings. The van der Waals surface area contributed by atoms with Gasteiger partial charge in [0.2, 0.25) is 0 Å². The van der Waals surface area contributed by atoms with Crippen LogP contribution in [0.4, 0.5) is 0 Å². The lowest BCUT2D eigenvalue weighted by atomic mass is 10.1. The van der Waals surface area contributed by atoms with Crippen molar-refractivity contribution in [2.45, 2.75) is 13.1 Å². The van der Waals surface area contributed by atoms with E-state index in [1.165, 1.54) is 4.68 Å². The van der Waals surface area contributed by atoms with Crippen molar-refractivity contribution in [1.29, 1.82) is 0 Å². The summed E-state index contributed by atoms with van der Waals surface area (Å²) in [6.07, 6.45) is 5.31. The summed E-state index contributed by atoms with van der Waals surface area (Å²) in [5, 5.41) is 8.61. The summed E-state index contributed by atoms with van der Waals surface area (Å²) < 4.78 is 3.44. The SMILES string of the molecule is O=c1c2ccc(Cl)cc2c(-c2cccs2)nn1CCn1ccnc1. The summed E-state index contributed by atoms with van der Waals surface area (Å²) in [6, 6.07) is 9.29. The van der Waals surface area contributed by atoms with Crippen LogP contribution in [0.1, 0.15) is 0 Å². The summed E-state index contributed by atoms with van der Waals surface area (Å²) in [5.74, 6) is 0. The number of thiophene rings is 1. The van der Waals surface area contributed by atoms with E-state index in [9.17, 15) is 4.79 Å². The molecule has 0 radical (unpaired) electrons. The number of hydrogen-bond acceptors (Lipinski definition) is 4. The van der Waals surface area contributed by atoms with E-state index in [0.717, 1.165) is 16.0 Å². The van der Waals surface area contributed by atoms with Crippen LogP contribution in [0.5, 0.6) is 0 Å². The molecule has 0 N–H and O–H groups in total. The van der Waals surface area contributed by atoms with E-state index in [-0.39, 0.29) is 5.56 Å². The molecule has 0 spiro atoms. The Hall–Kier alpha value is -2.44. The van der Waals surface area contributed by atoms with Crippen LogP contribution in [0, 0.1) is 0 Å². The maximum atomic E-state index is 12.8. The molecule has 1 aromatic carbocycles. The molecule has 0 fully saturated rings. The van der Waals surface area contributed by atoms with Gasteiger partial charge in [-0.15, -0.1) is 11.3 Å². The molecule has 120 valence electrons. The normalized spacial score (nSPS) is 11.2. The quantitative estimate of drug-likeness (QED) is 0.560. The highest BCUT2D eigenvalue weighted by atomic mass is 35.5. The zero-order valence-corrected chi connectivity index (χ0v) is 14.2. The third kappa shape index (κ3) is 2.74. The lowest BCUT2D eigenvalue weighted by molar-refractivity contribution is 0.516. The van der Waals surface area contributed by atoms with E-state index in [4.69, 9.17) is 11.6 Å². The summed E-state index contributed by atoms with van der Waals surface area (Å²) in [7, 11) is 0. The number of nitrogens with zero attached hydrogens (tertiary/aromatic N) is 4. The van der Waals surface area contributed by atoms with Crippen LogP contribution in [0.2, 0.25) is 5.02 Å². The first kappa shape index (κ1) is 15.1. The lowest BCUT2D eigenvalue weighted by Gasteiger charge is -2.11. The van der Waals surface area contributed by atoms with Gasteiger partial charge < -0.3 is 4.57 Å².